The third-order valence-corrected chi connectivity index (χ3v) is 1.94. The molecule has 0 aliphatic carbocycles. The van der Waals surface area contributed by atoms with Gasteiger partial charge in [-0.15, -0.1) is 0 Å². The van der Waals surface area contributed by atoms with Gasteiger partial charge in [-0.3, -0.25) is 5.84 Å². The summed E-state index contributed by atoms with van der Waals surface area (Å²) in [5.41, 5.74) is 1.78. The van der Waals surface area contributed by atoms with Crippen LogP contribution in [-0.2, 0) is 0 Å². The van der Waals surface area contributed by atoms with Crippen molar-refractivity contribution in [1.82, 2.24) is 5.43 Å². The summed E-state index contributed by atoms with van der Waals surface area (Å²) in [6, 6.07) is 3.67. The number of hydrazine groups is 1. The second kappa shape index (κ2) is 4.50. The fourth-order valence-electron chi connectivity index (χ4n) is 1.18. The number of hydrogen-bond donors (Lipinski definition) is 2. The Labute approximate surface area is 85.0 Å². The maximum Gasteiger partial charge on any atom is 0.409 e. The van der Waals surface area contributed by atoms with Crippen molar-refractivity contribution < 1.29 is 17.9 Å². The maximum atomic E-state index is 12.4. The molecule has 1 rings (SSSR count). The first-order chi connectivity index (χ1) is 6.99. The van der Waals surface area contributed by atoms with Gasteiger partial charge in [0.15, 0.2) is 0 Å². The average Bonchev–Trinajstić information content (AvgIpc) is 2.18. The maximum absolute atomic E-state index is 12.4. The van der Waals surface area contributed by atoms with Crippen molar-refractivity contribution in [2.24, 2.45) is 5.84 Å². The summed E-state index contributed by atoms with van der Waals surface area (Å²) in [4.78, 5) is 0. The normalized spacial score (nSPS) is 13.7. The van der Waals surface area contributed by atoms with Gasteiger partial charge in [-0.2, -0.15) is 13.2 Å². The van der Waals surface area contributed by atoms with Gasteiger partial charge in [0.05, 0.1) is 7.11 Å². The molecule has 3 nitrogen and oxygen atoms in total. The van der Waals surface area contributed by atoms with Crippen LogP contribution in [0.4, 0.5) is 13.2 Å². The molecule has 0 radical (unpaired) electrons. The molecule has 0 heterocycles. The molecular formula is C9H11F3N2O. The molecule has 1 aromatic rings. The lowest BCUT2D eigenvalue weighted by Gasteiger charge is -2.19. The molecule has 0 saturated heterocycles. The average molecular weight is 220 g/mol. The van der Waals surface area contributed by atoms with E-state index in [1.807, 2.05) is 0 Å². The first kappa shape index (κ1) is 11.8. The lowest BCUT2D eigenvalue weighted by atomic mass is 10.1. The van der Waals surface area contributed by atoms with Gasteiger partial charge in [0.1, 0.15) is 11.8 Å². The number of nitrogens with one attached hydrogen (secondary N) is 1. The van der Waals surface area contributed by atoms with Crippen molar-refractivity contribution in [2.75, 3.05) is 7.11 Å². The lowest BCUT2D eigenvalue weighted by Crippen LogP contribution is -2.38. The number of halogens is 3. The second-order valence-electron chi connectivity index (χ2n) is 2.91. The van der Waals surface area contributed by atoms with Gasteiger partial charge in [-0.1, -0.05) is 12.1 Å². The first-order valence-corrected chi connectivity index (χ1v) is 4.16. The van der Waals surface area contributed by atoms with E-state index in [0.29, 0.717) is 5.75 Å². The van der Waals surface area contributed by atoms with Crippen molar-refractivity contribution in [2.45, 2.75) is 12.2 Å². The van der Waals surface area contributed by atoms with E-state index in [1.165, 1.54) is 31.4 Å². The summed E-state index contributed by atoms with van der Waals surface area (Å²) in [5.74, 6) is 5.36. The second-order valence-corrected chi connectivity index (χ2v) is 2.91. The van der Waals surface area contributed by atoms with E-state index in [1.54, 1.807) is 5.43 Å². The van der Waals surface area contributed by atoms with Crippen LogP contribution in [-0.4, -0.2) is 13.3 Å². The Balaban J connectivity index is 2.93. The number of benzene rings is 1. The Morgan fingerprint density at radius 2 is 1.80 bits per heavy atom. The molecule has 6 heteroatoms. The van der Waals surface area contributed by atoms with E-state index < -0.39 is 12.2 Å². The van der Waals surface area contributed by atoms with Crippen LogP contribution in [0, 0.1) is 0 Å². The van der Waals surface area contributed by atoms with Crippen molar-refractivity contribution in [3.05, 3.63) is 29.8 Å². The highest BCUT2D eigenvalue weighted by molar-refractivity contribution is 5.29. The molecule has 3 N–H and O–H groups in total. The molecule has 0 unspecified atom stereocenters. The van der Waals surface area contributed by atoms with Crippen LogP contribution in [0.25, 0.3) is 0 Å². The van der Waals surface area contributed by atoms with E-state index >= 15 is 0 Å². The number of rotatable bonds is 3. The van der Waals surface area contributed by atoms with E-state index in [4.69, 9.17) is 10.6 Å². The van der Waals surface area contributed by atoms with Crippen molar-refractivity contribution in [3.63, 3.8) is 0 Å². The molecule has 0 aromatic heterocycles. The Morgan fingerprint density at radius 3 is 2.13 bits per heavy atom. The summed E-state index contributed by atoms with van der Waals surface area (Å²) < 4.78 is 42.1. The van der Waals surface area contributed by atoms with Gasteiger partial charge in [0.25, 0.3) is 0 Å². The Morgan fingerprint density at radius 1 is 1.27 bits per heavy atom. The predicted octanol–water partition coefficient (Wildman–Crippen LogP) is 1.76. The van der Waals surface area contributed by atoms with E-state index in [2.05, 4.69) is 0 Å². The van der Waals surface area contributed by atoms with Gasteiger partial charge >= 0.3 is 6.18 Å². The fourth-order valence-corrected chi connectivity index (χ4v) is 1.18. The van der Waals surface area contributed by atoms with Crippen molar-refractivity contribution in [3.8, 4) is 5.75 Å². The summed E-state index contributed by atoms with van der Waals surface area (Å²) in [6.45, 7) is 0. The molecule has 15 heavy (non-hydrogen) atoms. The van der Waals surface area contributed by atoms with E-state index in [-0.39, 0.29) is 5.56 Å². The largest absolute Gasteiger partial charge is 0.497 e. The van der Waals surface area contributed by atoms with E-state index in [0.717, 1.165) is 0 Å². The molecule has 0 bridgehead atoms. The van der Waals surface area contributed by atoms with Crippen LogP contribution in [0.2, 0.25) is 0 Å². The van der Waals surface area contributed by atoms with Gasteiger partial charge in [0.2, 0.25) is 0 Å². The minimum absolute atomic E-state index is 0.0470. The highest BCUT2D eigenvalue weighted by atomic mass is 19.4. The molecule has 1 aromatic carbocycles. The smallest absolute Gasteiger partial charge is 0.409 e. The zero-order valence-corrected chi connectivity index (χ0v) is 8.01. The minimum atomic E-state index is -4.41. The Hall–Kier alpha value is -1.27. The quantitative estimate of drug-likeness (QED) is 0.602. The monoisotopic (exact) mass is 220 g/mol. The third kappa shape index (κ3) is 2.84. The highest BCUT2D eigenvalue weighted by Crippen LogP contribution is 2.32. The van der Waals surface area contributed by atoms with Crippen molar-refractivity contribution >= 4 is 0 Å². The number of nitrogens with two attached hydrogens (primary N) is 1. The molecule has 0 saturated carbocycles. The van der Waals surface area contributed by atoms with Gasteiger partial charge in [-0.05, 0) is 17.7 Å². The molecule has 84 valence electrons. The van der Waals surface area contributed by atoms with Crippen LogP contribution < -0.4 is 16.0 Å². The summed E-state index contributed by atoms with van der Waals surface area (Å²) in [6.07, 6.45) is -4.41. The Kier molecular flexibility index (Phi) is 3.54. The first-order valence-electron chi connectivity index (χ1n) is 4.16. The molecule has 0 amide bonds. The molecule has 0 fully saturated rings. The van der Waals surface area contributed by atoms with Crippen LogP contribution in [0.15, 0.2) is 24.3 Å². The van der Waals surface area contributed by atoms with Crippen LogP contribution >= 0.6 is 0 Å². The molecule has 1 atom stereocenters. The highest BCUT2D eigenvalue weighted by Gasteiger charge is 2.39. The number of ether oxygens (including phenoxy) is 1. The lowest BCUT2D eigenvalue weighted by molar-refractivity contribution is -0.157. The summed E-state index contributed by atoms with van der Waals surface area (Å²) in [5, 5.41) is 0. The number of hydrogen-bond acceptors (Lipinski definition) is 3. The number of methoxy groups -OCH3 is 1. The topological polar surface area (TPSA) is 47.3 Å². The molecular weight excluding hydrogens is 209 g/mol. The van der Waals surface area contributed by atoms with Gasteiger partial charge < -0.3 is 4.74 Å². The van der Waals surface area contributed by atoms with Crippen LogP contribution in [0.3, 0.4) is 0 Å². The third-order valence-electron chi connectivity index (χ3n) is 1.94. The molecule has 0 aliphatic heterocycles. The predicted molar refractivity (Wildman–Crippen MR) is 49.1 cm³/mol. The zero-order valence-electron chi connectivity index (χ0n) is 8.01. The zero-order chi connectivity index (χ0) is 11.5. The minimum Gasteiger partial charge on any atom is -0.497 e. The SMILES string of the molecule is COc1ccc([C@@H](NN)C(F)(F)F)cc1. The van der Waals surface area contributed by atoms with Crippen LogP contribution in [0.1, 0.15) is 11.6 Å². The van der Waals surface area contributed by atoms with Crippen molar-refractivity contribution in [1.29, 1.82) is 0 Å². The van der Waals surface area contributed by atoms with Crippen LogP contribution in [0.5, 0.6) is 5.75 Å². The fraction of sp³-hybridized carbons (Fsp3) is 0.333. The summed E-state index contributed by atoms with van der Waals surface area (Å²) >= 11 is 0. The summed E-state index contributed by atoms with van der Waals surface area (Å²) in [7, 11) is 1.44. The Bertz CT molecular complexity index is 310. The van der Waals surface area contributed by atoms with Gasteiger partial charge in [-0.25, -0.2) is 5.43 Å². The van der Waals surface area contributed by atoms with Gasteiger partial charge in [0, 0.05) is 0 Å². The number of alkyl halides is 3. The standard InChI is InChI=1S/C9H11F3N2O/c1-15-7-4-2-6(3-5-7)8(14-13)9(10,11)12/h2-5,8,14H,13H2,1H3/t8-/m1/s1. The van der Waals surface area contributed by atoms with E-state index in [9.17, 15) is 13.2 Å². The molecule has 0 spiro atoms. The molecule has 0 aliphatic rings.